The molecular weight excluding hydrogens is 311 g/mol. The third-order valence-corrected chi connectivity index (χ3v) is 3.72. The Hall–Kier alpha value is -0.780. The molecule has 0 atom stereocenters. The molecule has 3 nitrogen and oxygen atoms in total. The van der Waals surface area contributed by atoms with E-state index < -0.39 is 0 Å². The molecule has 19 heavy (non-hydrogen) atoms. The molecule has 0 radical (unpaired) electrons. The van der Waals surface area contributed by atoms with Gasteiger partial charge in [-0.05, 0) is 43.3 Å². The van der Waals surface area contributed by atoms with Crippen LogP contribution < -0.4 is 5.32 Å². The topological polar surface area (TPSA) is 32.3 Å². The fourth-order valence-corrected chi connectivity index (χ4v) is 2.66. The van der Waals surface area contributed by atoms with Gasteiger partial charge >= 0.3 is 0 Å². The highest BCUT2D eigenvalue weighted by atomic mass is 79.9. The Kier molecular flexibility index (Phi) is 5.48. The van der Waals surface area contributed by atoms with Crippen molar-refractivity contribution >= 4 is 21.7 Å². The number of Topliss-reactive ketones (excluding diaryl/α,β-unsaturated/α-hetero) is 1. The lowest BCUT2D eigenvalue weighted by Gasteiger charge is -2.18. The van der Waals surface area contributed by atoms with E-state index in [0.29, 0.717) is 12.1 Å². The summed E-state index contributed by atoms with van der Waals surface area (Å²) in [5, 5.41) is 3.30. The van der Waals surface area contributed by atoms with Crippen molar-refractivity contribution in [2.75, 3.05) is 32.7 Å². The lowest BCUT2D eigenvalue weighted by atomic mass is 10.1. The first kappa shape index (κ1) is 14.6. The van der Waals surface area contributed by atoms with Crippen LogP contribution in [0.5, 0.6) is 0 Å². The largest absolute Gasteiger partial charge is 0.315 e. The van der Waals surface area contributed by atoms with E-state index in [1.54, 1.807) is 12.1 Å². The maximum Gasteiger partial charge on any atom is 0.151 e. The average molecular weight is 329 g/mol. The van der Waals surface area contributed by atoms with Crippen LogP contribution in [0.2, 0.25) is 0 Å². The van der Waals surface area contributed by atoms with E-state index >= 15 is 0 Å². The molecule has 0 spiro atoms. The van der Waals surface area contributed by atoms with E-state index in [9.17, 15) is 9.18 Å². The summed E-state index contributed by atoms with van der Waals surface area (Å²) in [6, 6.07) is 4.71. The molecule has 0 aromatic heterocycles. The summed E-state index contributed by atoms with van der Waals surface area (Å²) in [6.07, 6.45) is 1.22. The first-order valence-corrected chi connectivity index (χ1v) is 7.33. The molecule has 5 heteroatoms. The minimum absolute atomic E-state index is 0.0684. The monoisotopic (exact) mass is 328 g/mol. The molecule has 2 rings (SSSR count). The summed E-state index contributed by atoms with van der Waals surface area (Å²) >= 11 is 3.30. The van der Waals surface area contributed by atoms with Crippen molar-refractivity contribution in [1.29, 1.82) is 0 Å². The Morgan fingerprint density at radius 1 is 1.37 bits per heavy atom. The Labute approximate surface area is 121 Å². The highest BCUT2D eigenvalue weighted by Gasteiger charge is 2.14. The van der Waals surface area contributed by atoms with E-state index in [2.05, 4.69) is 26.1 Å². The van der Waals surface area contributed by atoms with Gasteiger partial charge in [0.15, 0.2) is 5.78 Å². The van der Waals surface area contributed by atoms with Crippen LogP contribution >= 0.6 is 15.9 Å². The van der Waals surface area contributed by atoms with Crippen molar-refractivity contribution in [1.82, 2.24) is 10.2 Å². The second-order valence-corrected chi connectivity index (χ2v) is 5.75. The third kappa shape index (κ3) is 4.67. The SMILES string of the molecule is O=C(Cc1cc(Br)ccc1F)CN1CCCNCC1. The van der Waals surface area contributed by atoms with Gasteiger partial charge in [0, 0.05) is 24.0 Å². The highest BCUT2D eigenvalue weighted by Crippen LogP contribution is 2.16. The third-order valence-electron chi connectivity index (χ3n) is 3.23. The molecule has 1 saturated heterocycles. The van der Waals surface area contributed by atoms with Gasteiger partial charge in [0.2, 0.25) is 0 Å². The van der Waals surface area contributed by atoms with E-state index in [4.69, 9.17) is 0 Å². The number of carbonyl (C=O) groups excluding carboxylic acids is 1. The molecule has 1 heterocycles. The summed E-state index contributed by atoms with van der Waals surface area (Å²) in [5.41, 5.74) is 0.465. The molecular formula is C14H18BrFN2O. The zero-order valence-corrected chi connectivity index (χ0v) is 12.4. The average Bonchev–Trinajstić information content (AvgIpc) is 2.62. The Morgan fingerprint density at radius 3 is 3.05 bits per heavy atom. The Balaban J connectivity index is 1.91. The number of ketones is 1. The second kappa shape index (κ2) is 7.12. The van der Waals surface area contributed by atoms with E-state index in [-0.39, 0.29) is 18.0 Å². The number of nitrogens with one attached hydrogen (secondary N) is 1. The molecule has 104 valence electrons. The van der Waals surface area contributed by atoms with Gasteiger partial charge in [0.25, 0.3) is 0 Å². The van der Waals surface area contributed by atoms with Crippen molar-refractivity contribution in [2.45, 2.75) is 12.8 Å². The van der Waals surface area contributed by atoms with Crippen molar-refractivity contribution in [3.63, 3.8) is 0 Å². The Morgan fingerprint density at radius 2 is 2.21 bits per heavy atom. The highest BCUT2D eigenvalue weighted by molar-refractivity contribution is 9.10. The van der Waals surface area contributed by atoms with Crippen LogP contribution in [0.1, 0.15) is 12.0 Å². The lowest BCUT2D eigenvalue weighted by molar-refractivity contribution is -0.119. The lowest BCUT2D eigenvalue weighted by Crippen LogP contribution is -2.33. The zero-order chi connectivity index (χ0) is 13.7. The van der Waals surface area contributed by atoms with Crippen LogP contribution in [0.3, 0.4) is 0 Å². The number of rotatable bonds is 4. The maximum atomic E-state index is 13.6. The van der Waals surface area contributed by atoms with E-state index in [1.807, 2.05) is 0 Å². The number of carbonyl (C=O) groups is 1. The Bertz CT molecular complexity index is 445. The van der Waals surface area contributed by atoms with Gasteiger partial charge in [-0.2, -0.15) is 0 Å². The standard InChI is InChI=1S/C14H18BrFN2O/c15-12-2-3-14(16)11(8-12)9-13(19)10-18-6-1-4-17-5-7-18/h2-3,8,17H,1,4-7,9-10H2. The summed E-state index contributed by atoms with van der Waals surface area (Å²) in [4.78, 5) is 14.1. The normalized spacial score (nSPS) is 17.2. The van der Waals surface area contributed by atoms with Gasteiger partial charge < -0.3 is 5.32 Å². The van der Waals surface area contributed by atoms with Gasteiger partial charge in [-0.3, -0.25) is 9.69 Å². The van der Waals surface area contributed by atoms with E-state index in [0.717, 1.165) is 37.1 Å². The second-order valence-electron chi connectivity index (χ2n) is 4.83. The number of halogens is 2. The molecule has 1 N–H and O–H groups in total. The summed E-state index contributed by atoms with van der Waals surface area (Å²) in [6.45, 7) is 4.14. The number of benzene rings is 1. The van der Waals surface area contributed by atoms with Crippen LogP contribution in [0.15, 0.2) is 22.7 Å². The first-order chi connectivity index (χ1) is 9.15. The molecule has 0 aliphatic carbocycles. The van der Waals surface area contributed by atoms with Crippen LogP contribution in [-0.4, -0.2) is 43.4 Å². The predicted octanol–water partition coefficient (Wildman–Crippen LogP) is 2.00. The van der Waals surface area contributed by atoms with Gasteiger partial charge in [0.05, 0.1) is 6.54 Å². The molecule has 0 saturated carbocycles. The zero-order valence-electron chi connectivity index (χ0n) is 10.8. The summed E-state index contributed by atoms with van der Waals surface area (Å²) < 4.78 is 14.4. The van der Waals surface area contributed by atoms with Crippen molar-refractivity contribution < 1.29 is 9.18 Å². The number of hydrogen-bond acceptors (Lipinski definition) is 3. The summed E-state index contributed by atoms with van der Waals surface area (Å²) in [5.74, 6) is -0.243. The molecule has 0 bridgehead atoms. The maximum absolute atomic E-state index is 13.6. The smallest absolute Gasteiger partial charge is 0.151 e. The van der Waals surface area contributed by atoms with Gasteiger partial charge in [-0.15, -0.1) is 0 Å². The van der Waals surface area contributed by atoms with Crippen LogP contribution in [0, 0.1) is 5.82 Å². The number of nitrogens with zero attached hydrogens (tertiary/aromatic N) is 1. The quantitative estimate of drug-likeness (QED) is 0.917. The van der Waals surface area contributed by atoms with Gasteiger partial charge in [0.1, 0.15) is 5.82 Å². The minimum atomic E-state index is -0.311. The molecule has 1 fully saturated rings. The molecule has 1 aromatic rings. The molecule has 0 amide bonds. The molecule has 1 aromatic carbocycles. The van der Waals surface area contributed by atoms with Crippen LogP contribution in [0.4, 0.5) is 4.39 Å². The number of hydrogen-bond donors (Lipinski definition) is 1. The molecule has 0 unspecified atom stereocenters. The van der Waals surface area contributed by atoms with Crippen molar-refractivity contribution in [2.24, 2.45) is 0 Å². The van der Waals surface area contributed by atoms with Crippen LogP contribution in [0.25, 0.3) is 0 Å². The van der Waals surface area contributed by atoms with E-state index in [1.165, 1.54) is 6.07 Å². The van der Waals surface area contributed by atoms with Crippen molar-refractivity contribution in [3.8, 4) is 0 Å². The van der Waals surface area contributed by atoms with Gasteiger partial charge in [-0.1, -0.05) is 15.9 Å². The first-order valence-electron chi connectivity index (χ1n) is 6.54. The summed E-state index contributed by atoms with van der Waals surface area (Å²) in [7, 11) is 0. The molecule has 1 aliphatic rings. The van der Waals surface area contributed by atoms with Gasteiger partial charge in [-0.25, -0.2) is 4.39 Å². The fraction of sp³-hybridized carbons (Fsp3) is 0.500. The predicted molar refractivity (Wildman–Crippen MR) is 76.7 cm³/mol. The molecule has 1 aliphatic heterocycles. The van der Waals surface area contributed by atoms with Crippen molar-refractivity contribution in [3.05, 3.63) is 34.1 Å². The van der Waals surface area contributed by atoms with Crippen LogP contribution in [-0.2, 0) is 11.2 Å². The minimum Gasteiger partial charge on any atom is -0.315 e. The fourth-order valence-electron chi connectivity index (χ4n) is 2.26.